The van der Waals surface area contributed by atoms with E-state index in [1.807, 2.05) is 0 Å². The van der Waals surface area contributed by atoms with Crippen LogP contribution in [0.5, 0.6) is 0 Å². The van der Waals surface area contributed by atoms with E-state index in [9.17, 15) is 9.18 Å². The van der Waals surface area contributed by atoms with Crippen LogP contribution in [0, 0.1) is 11.8 Å². The summed E-state index contributed by atoms with van der Waals surface area (Å²) >= 11 is 5.75. The maximum atomic E-state index is 14.4. The molecule has 1 atom stereocenters. The number of benzene rings is 1. The summed E-state index contributed by atoms with van der Waals surface area (Å²) in [5.41, 5.74) is -1.43. The van der Waals surface area contributed by atoms with Crippen LogP contribution in [0.2, 0.25) is 5.02 Å². The van der Waals surface area contributed by atoms with Crippen LogP contribution >= 0.6 is 11.6 Å². The molecule has 0 radical (unpaired) electrons. The van der Waals surface area contributed by atoms with Crippen LogP contribution in [0.1, 0.15) is 18.2 Å². The van der Waals surface area contributed by atoms with E-state index in [4.69, 9.17) is 11.6 Å². The number of hydrogen-bond acceptors (Lipinski definition) is 2. The number of H-pyrrole nitrogens is 1. The minimum Gasteiger partial charge on any atom is -0.268 e. The molecule has 1 N–H and O–H groups in total. The van der Waals surface area contributed by atoms with Gasteiger partial charge in [-0.15, -0.1) is 0 Å². The van der Waals surface area contributed by atoms with Crippen molar-refractivity contribution in [2.45, 2.75) is 12.6 Å². The minimum atomic E-state index is -1.82. The average molecular weight is 277 g/mol. The summed E-state index contributed by atoms with van der Waals surface area (Å²) in [7, 11) is 0. The molecule has 2 rings (SSSR count). The molecule has 96 valence electrons. The number of nitrogens with zero attached hydrogens (tertiary/aromatic N) is 1. The van der Waals surface area contributed by atoms with E-state index in [0.717, 1.165) is 0 Å². The lowest BCUT2D eigenvalue weighted by Gasteiger charge is -2.13. The molecule has 2 aromatic rings. The molecular formula is C14H10ClFN2O. The van der Waals surface area contributed by atoms with Gasteiger partial charge in [-0.3, -0.25) is 4.79 Å². The minimum absolute atomic E-state index is 0.303. The summed E-state index contributed by atoms with van der Waals surface area (Å²) in [4.78, 5) is 10.8. The molecule has 1 unspecified atom stereocenters. The third-order valence-corrected chi connectivity index (χ3v) is 2.74. The van der Waals surface area contributed by atoms with Gasteiger partial charge in [0.2, 0.25) is 0 Å². The van der Waals surface area contributed by atoms with E-state index in [2.05, 4.69) is 22.0 Å². The summed E-state index contributed by atoms with van der Waals surface area (Å²) in [6, 6.07) is 9.09. The molecule has 19 heavy (non-hydrogen) atoms. The number of hydrogen-bond donors (Lipinski definition) is 1. The highest BCUT2D eigenvalue weighted by Gasteiger charge is 2.22. The first kappa shape index (κ1) is 13.3. The standard InChI is InChI=1S/C14H10ClFN2O/c1-14(16,10-2-4-11(15)5-3-10)9-8-12-6-7-13(19)18-17-12/h2-7H,1H3,(H,18,19). The number of aromatic nitrogens is 2. The Morgan fingerprint density at radius 1 is 1.26 bits per heavy atom. The molecule has 0 aliphatic carbocycles. The number of halogens is 2. The van der Waals surface area contributed by atoms with Crippen molar-refractivity contribution in [1.82, 2.24) is 10.2 Å². The Kier molecular flexibility index (Phi) is 3.68. The first-order valence-electron chi connectivity index (χ1n) is 5.51. The number of nitrogens with one attached hydrogen (secondary N) is 1. The molecule has 0 fully saturated rings. The summed E-state index contributed by atoms with van der Waals surface area (Å²) in [5, 5.41) is 6.46. The molecule has 0 amide bonds. The van der Waals surface area contributed by atoms with Crippen LogP contribution in [0.3, 0.4) is 0 Å². The van der Waals surface area contributed by atoms with Crippen LogP contribution in [-0.4, -0.2) is 10.2 Å². The number of alkyl halides is 1. The van der Waals surface area contributed by atoms with Gasteiger partial charge in [0.25, 0.3) is 5.56 Å². The average Bonchev–Trinajstić information content (AvgIpc) is 2.39. The number of aromatic amines is 1. The quantitative estimate of drug-likeness (QED) is 0.814. The predicted octanol–water partition coefficient (Wildman–Crippen LogP) is 2.66. The molecule has 0 aliphatic heterocycles. The summed E-state index contributed by atoms with van der Waals surface area (Å²) < 4.78 is 14.4. The normalized spacial score (nSPS) is 13.2. The maximum Gasteiger partial charge on any atom is 0.264 e. The van der Waals surface area contributed by atoms with E-state index < -0.39 is 5.67 Å². The molecule has 5 heteroatoms. The Balaban J connectivity index is 2.28. The van der Waals surface area contributed by atoms with Crippen LogP contribution in [0.4, 0.5) is 4.39 Å². The fourth-order valence-electron chi connectivity index (χ4n) is 1.43. The van der Waals surface area contributed by atoms with Gasteiger partial charge < -0.3 is 0 Å². The van der Waals surface area contributed by atoms with Crippen molar-refractivity contribution in [3.8, 4) is 11.8 Å². The van der Waals surface area contributed by atoms with Crippen LogP contribution in [0.15, 0.2) is 41.2 Å². The van der Waals surface area contributed by atoms with E-state index >= 15 is 0 Å². The molecule has 0 bridgehead atoms. The lowest BCUT2D eigenvalue weighted by molar-refractivity contribution is 0.278. The summed E-state index contributed by atoms with van der Waals surface area (Å²) in [6.45, 7) is 1.36. The van der Waals surface area contributed by atoms with E-state index in [-0.39, 0.29) is 5.56 Å². The zero-order chi connectivity index (χ0) is 13.9. The highest BCUT2D eigenvalue weighted by atomic mass is 35.5. The van der Waals surface area contributed by atoms with Crippen molar-refractivity contribution < 1.29 is 4.39 Å². The first-order chi connectivity index (χ1) is 8.97. The van der Waals surface area contributed by atoms with Gasteiger partial charge in [0.05, 0.1) is 0 Å². The van der Waals surface area contributed by atoms with E-state index in [0.29, 0.717) is 16.3 Å². The van der Waals surface area contributed by atoms with Crippen molar-refractivity contribution in [2.24, 2.45) is 0 Å². The summed E-state index contributed by atoms with van der Waals surface area (Å²) in [5.74, 6) is 5.07. The summed E-state index contributed by atoms with van der Waals surface area (Å²) in [6.07, 6.45) is 0. The van der Waals surface area contributed by atoms with Gasteiger partial charge in [-0.05, 0) is 31.0 Å². The maximum absolute atomic E-state index is 14.4. The van der Waals surface area contributed by atoms with Crippen LogP contribution < -0.4 is 5.56 Å². The van der Waals surface area contributed by atoms with Gasteiger partial charge in [-0.1, -0.05) is 29.7 Å². The van der Waals surface area contributed by atoms with Gasteiger partial charge in [-0.25, -0.2) is 9.49 Å². The lowest BCUT2D eigenvalue weighted by Crippen LogP contribution is -2.12. The second kappa shape index (κ2) is 5.25. The van der Waals surface area contributed by atoms with Gasteiger partial charge in [0.15, 0.2) is 5.67 Å². The number of rotatable bonds is 1. The van der Waals surface area contributed by atoms with Crippen molar-refractivity contribution in [1.29, 1.82) is 0 Å². The molecule has 1 heterocycles. The van der Waals surface area contributed by atoms with Crippen molar-refractivity contribution in [3.05, 3.63) is 63.0 Å². The molecule has 1 aromatic heterocycles. The topological polar surface area (TPSA) is 45.8 Å². The zero-order valence-corrected chi connectivity index (χ0v) is 10.8. The smallest absolute Gasteiger partial charge is 0.264 e. The van der Waals surface area contributed by atoms with Crippen LogP contribution in [0.25, 0.3) is 0 Å². The SMILES string of the molecule is CC(F)(C#Cc1ccc(=O)[nH]n1)c1ccc(Cl)cc1. The molecule has 0 saturated carbocycles. The van der Waals surface area contributed by atoms with E-state index in [1.54, 1.807) is 24.3 Å². The van der Waals surface area contributed by atoms with Gasteiger partial charge in [0, 0.05) is 16.7 Å². The third-order valence-electron chi connectivity index (χ3n) is 2.49. The predicted molar refractivity (Wildman–Crippen MR) is 71.6 cm³/mol. The largest absolute Gasteiger partial charge is 0.268 e. The van der Waals surface area contributed by atoms with Gasteiger partial charge in [0.1, 0.15) is 5.69 Å². The Bertz CT molecular complexity index is 675. The van der Waals surface area contributed by atoms with Crippen LogP contribution in [-0.2, 0) is 5.67 Å². The zero-order valence-electron chi connectivity index (χ0n) is 10.1. The monoisotopic (exact) mass is 276 g/mol. The fourth-order valence-corrected chi connectivity index (χ4v) is 1.56. The Morgan fingerprint density at radius 3 is 2.53 bits per heavy atom. The Hall–Kier alpha value is -2.12. The Labute approximate surface area is 114 Å². The Morgan fingerprint density at radius 2 is 1.95 bits per heavy atom. The molecule has 0 aliphatic rings. The molecule has 0 saturated heterocycles. The van der Waals surface area contributed by atoms with Crippen molar-refractivity contribution >= 4 is 11.6 Å². The fraction of sp³-hybridized carbons (Fsp3) is 0.143. The molecule has 0 spiro atoms. The highest BCUT2D eigenvalue weighted by Crippen LogP contribution is 2.25. The van der Waals surface area contributed by atoms with E-state index in [1.165, 1.54) is 19.1 Å². The lowest BCUT2D eigenvalue weighted by atomic mass is 9.98. The first-order valence-corrected chi connectivity index (χ1v) is 5.89. The molecule has 1 aromatic carbocycles. The highest BCUT2D eigenvalue weighted by molar-refractivity contribution is 6.30. The third kappa shape index (κ3) is 3.43. The van der Waals surface area contributed by atoms with Crippen molar-refractivity contribution in [2.75, 3.05) is 0 Å². The molecular weight excluding hydrogens is 267 g/mol. The van der Waals surface area contributed by atoms with Gasteiger partial charge >= 0.3 is 0 Å². The van der Waals surface area contributed by atoms with Gasteiger partial charge in [-0.2, -0.15) is 5.10 Å². The molecule has 3 nitrogen and oxygen atoms in total. The van der Waals surface area contributed by atoms with Crippen molar-refractivity contribution in [3.63, 3.8) is 0 Å². The second-order valence-electron chi connectivity index (χ2n) is 4.07. The second-order valence-corrected chi connectivity index (χ2v) is 4.50.